The average molecular weight is 271 g/mol. The second kappa shape index (κ2) is 6.07. The standard InChI is InChI=1S/C10H13N3O6/c1-19-8-3-2-5(13(17)18)9(12-8)10(16)6(14)4-7(11)15/h2-3,6,10,14,16H,4H2,1H3,(H2,11,15). The number of aliphatic hydroxyl groups excluding tert-OH is 2. The summed E-state index contributed by atoms with van der Waals surface area (Å²) in [6, 6.07) is 2.33. The summed E-state index contributed by atoms with van der Waals surface area (Å²) < 4.78 is 4.78. The van der Waals surface area contributed by atoms with Gasteiger partial charge in [-0.2, -0.15) is 0 Å². The first kappa shape index (κ1) is 14.8. The van der Waals surface area contributed by atoms with E-state index >= 15 is 0 Å². The molecule has 9 nitrogen and oxygen atoms in total. The van der Waals surface area contributed by atoms with Crippen LogP contribution in [0.3, 0.4) is 0 Å². The molecule has 2 unspecified atom stereocenters. The highest BCUT2D eigenvalue weighted by Gasteiger charge is 2.29. The van der Waals surface area contributed by atoms with Crippen LogP contribution in [-0.2, 0) is 4.79 Å². The zero-order chi connectivity index (χ0) is 14.6. The number of hydrogen-bond donors (Lipinski definition) is 3. The normalized spacial score (nSPS) is 13.6. The fourth-order valence-corrected chi connectivity index (χ4v) is 1.43. The van der Waals surface area contributed by atoms with Gasteiger partial charge in [0.05, 0.1) is 24.6 Å². The lowest BCUT2D eigenvalue weighted by Gasteiger charge is -2.16. The molecule has 0 aliphatic heterocycles. The van der Waals surface area contributed by atoms with Gasteiger partial charge in [0.15, 0.2) is 5.69 Å². The van der Waals surface area contributed by atoms with Crippen molar-refractivity contribution in [3.63, 3.8) is 0 Å². The molecule has 1 aromatic rings. The number of hydrogen-bond acceptors (Lipinski definition) is 7. The number of nitrogens with two attached hydrogens (primary N) is 1. The topological polar surface area (TPSA) is 149 Å². The van der Waals surface area contributed by atoms with Crippen molar-refractivity contribution in [3.8, 4) is 5.88 Å². The van der Waals surface area contributed by atoms with E-state index in [-0.39, 0.29) is 5.88 Å². The Hall–Kier alpha value is -2.26. The molecule has 1 amide bonds. The SMILES string of the molecule is COc1ccc([N+](=O)[O-])c(C(O)C(O)CC(N)=O)n1. The largest absolute Gasteiger partial charge is 0.481 e. The highest BCUT2D eigenvalue weighted by Crippen LogP contribution is 2.28. The van der Waals surface area contributed by atoms with Crippen molar-refractivity contribution in [2.75, 3.05) is 7.11 Å². The lowest BCUT2D eigenvalue weighted by atomic mass is 10.1. The van der Waals surface area contributed by atoms with Gasteiger partial charge in [-0.1, -0.05) is 0 Å². The molecule has 2 atom stereocenters. The van der Waals surface area contributed by atoms with Gasteiger partial charge in [0.1, 0.15) is 6.10 Å². The van der Waals surface area contributed by atoms with Gasteiger partial charge in [-0.15, -0.1) is 0 Å². The number of aliphatic hydroxyl groups is 2. The molecule has 0 aromatic carbocycles. The molecule has 0 saturated heterocycles. The summed E-state index contributed by atoms with van der Waals surface area (Å²) >= 11 is 0. The number of ether oxygens (including phenoxy) is 1. The van der Waals surface area contributed by atoms with Gasteiger partial charge in [0.2, 0.25) is 11.8 Å². The smallest absolute Gasteiger partial charge is 0.293 e. The highest BCUT2D eigenvalue weighted by atomic mass is 16.6. The molecule has 104 valence electrons. The van der Waals surface area contributed by atoms with Crippen molar-refractivity contribution in [1.29, 1.82) is 0 Å². The van der Waals surface area contributed by atoms with E-state index in [0.717, 1.165) is 6.07 Å². The number of amides is 1. The van der Waals surface area contributed by atoms with Crippen LogP contribution in [0, 0.1) is 10.1 Å². The van der Waals surface area contributed by atoms with Crippen LogP contribution >= 0.6 is 0 Å². The minimum Gasteiger partial charge on any atom is -0.481 e. The maximum atomic E-state index is 10.8. The fraction of sp³-hybridized carbons (Fsp3) is 0.400. The second-order valence-electron chi connectivity index (χ2n) is 3.70. The first-order valence-corrected chi connectivity index (χ1v) is 5.20. The molecule has 4 N–H and O–H groups in total. The fourth-order valence-electron chi connectivity index (χ4n) is 1.43. The van der Waals surface area contributed by atoms with Gasteiger partial charge in [-0.25, -0.2) is 4.98 Å². The van der Waals surface area contributed by atoms with Crippen molar-refractivity contribution in [2.24, 2.45) is 5.73 Å². The van der Waals surface area contributed by atoms with Crippen molar-refractivity contribution < 1.29 is 24.7 Å². The third-order valence-corrected chi connectivity index (χ3v) is 2.34. The number of nitrogens with zero attached hydrogens (tertiary/aromatic N) is 2. The molecule has 0 spiro atoms. The minimum atomic E-state index is -1.72. The van der Waals surface area contributed by atoms with E-state index in [1.165, 1.54) is 13.2 Å². The second-order valence-corrected chi connectivity index (χ2v) is 3.70. The van der Waals surface area contributed by atoms with Gasteiger partial charge < -0.3 is 20.7 Å². The lowest BCUT2D eigenvalue weighted by Crippen LogP contribution is -2.26. The van der Waals surface area contributed by atoms with E-state index < -0.39 is 40.8 Å². The molecule has 0 saturated carbocycles. The van der Waals surface area contributed by atoms with Gasteiger partial charge in [0.25, 0.3) is 5.69 Å². The summed E-state index contributed by atoms with van der Waals surface area (Å²) in [6.45, 7) is 0. The van der Waals surface area contributed by atoms with Crippen molar-refractivity contribution >= 4 is 11.6 Å². The average Bonchev–Trinajstić information content (AvgIpc) is 2.36. The Balaban J connectivity index is 3.14. The number of rotatable bonds is 6. The maximum Gasteiger partial charge on any atom is 0.293 e. The zero-order valence-corrected chi connectivity index (χ0v) is 10.0. The monoisotopic (exact) mass is 271 g/mol. The van der Waals surface area contributed by atoms with Crippen molar-refractivity contribution in [3.05, 3.63) is 27.9 Å². The van der Waals surface area contributed by atoms with Crippen LogP contribution in [-0.4, -0.2) is 39.2 Å². The third kappa shape index (κ3) is 3.60. The molecule has 0 aliphatic rings. The quantitative estimate of drug-likeness (QED) is 0.456. The maximum absolute atomic E-state index is 10.8. The molecule has 1 rings (SSSR count). The minimum absolute atomic E-state index is 0.0333. The van der Waals surface area contributed by atoms with Crippen LogP contribution < -0.4 is 10.5 Å². The summed E-state index contributed by atoms with van der Waals surface area (Å²) in [5.41, 5.74) is 3.99. The van der Waals surface area contributed by atoms with Crippen molar-refractivity contribution in [1.82, 2.24) is 4.98 Å². The third-order valence-electron chi connectivity index (χ3n) is 2.34. The number of carbonyl (C=O) groups is 1. The number of methoxy groups -OCH3 is 1. The van der Waals surface area contributed by atoms with Crippen LogP contribution in [0.15, 0.2) is 12.1 Å². The van der Waals surface area contributed by atoms with E-state index in [2.05, 4.69) is 4.98 Å². The summed E-state index contributed by atoms with van der Waals surface area (Å²) in [7, 11) is 1.30. The summed E-state index contributed by atoms with van der Waals surface area (Å²) in [5.74, 6) is -0.817. The van der Waals surface area contributed by atoms with E-state index in [1.54, 1.807) is 0 Å². The molecule has 1 aromatic heterocycles. The van der Waals surface area contributed by atoms with Crippen LogP contribution in [0.4, 0.5) is 5.69 Å². The Morgan fingerprint density at radius 2 is 2.21 bits per heavy atom. The first-order valence-electron chi connectivity index (χ1n) is 5.20. The van der Waals surface area contributed by atoms with Gasteiger partial charge in [0, 0.05) is 12.1 Å². The van der Waals surface area contributed by atoms with E-state index in [4.69, 9.17) is 10.5 Å². The molecular weight excluding hydrogens is 258 g/mol. The Bertz CT molecular complexity index is 492. The molecule has 0 radical (unpaired) electrons. The summed E-state index contributed by atoms with van der Waals surface area (Å²) in [6.07, 6.45) is -3.85. The van der Waals surface area contributed by atoms with Crippen LogP contribution in [0.5, 0.6) is 5.88 Å². The summed E-state index contributed by atoms with van der Waals surface area (Å²) in [4.78, 5) is 24.4. The van der Waals surface area contributed by atoms with E-state index in [9.17, 15) is 25.1 Å². The van der Waals surface area contributed by atoms with E-state index in [1.807, 2.05) is 0 Å². The number of pyridine rings is 1. The molecule has 1 heterocycles. The Kier molecular flexibility index (Phi) is 4.73. The Morgan fingerprint density at radius 1 is 1.58 bits per heavy atom. The molecule has 19 heavy (non-hydrogen) atoms. The van der Waals surface area contributed by atoms with Crippen molar-refractivity contribution in [2.45, 2.75) is 18.6 Å². The van der Waals surface area contributed by atoms with Crippen LogP contribution in [0.2, 0.25) is 0 Å². The van der Waals surface area contributed by atoms with E-state index in [0.29, 0.717) is 0 Å². The number of carbonyl (C=O) groups excluding carboxylic acids is 1. The number of aromatic nitrogens is 1. The van der Waals surface area contributed by atoms with Crippen LogP contribution in [0.1, 0.15) is 18.2 Å². The number of primary amides is 1. The molecule has 9 heteroatoms. The Labute approximate surface area is 107 Å². The first-order chi connectivity index (χ1) is 8.86. The molecule has 0 aliphatic carbocycles. The molecular formula is C10H13N3O6. The summed E-state index contributed by atoms with van der Waals surface area (Å²) in [5, 5.41) is 30.2. The predicted molar refractivity (Wildman–Crippen MR) is 62.2 cm³/mol. The van der Waals surface area contributed by atoms with Crippen LogP contribution in [0.25, 0.3) is 0 Å². The van der Waals surface area contributed by atoms with Gasteiger partial charge in [-0.05, 0) is 0 Å². The molecule has 0 bridgehead atoms. The number of nitro groups is 1. The highest BCUT2D eigenvalue weighted by molar-refractivity contribution is 5.74. The molecule has 0 fully saturated rings. The Morgan fingerprint density at radius 3 is 2.68 bits per heavy atom. The lowest BCUT2D eigenvalue weighted by molar-refractivity contribution is -0.386. The zero-order valence-electron chi connectivity index (χ0n) is 10.0. The van der Waals surface area contributed by atoms with Gasteiger partial charge in [-0.3, -0.25) is 14.9 Å². The van der Waals surface area contributed by atoms with Gasteiger partial charge >= 0.3 is 0 Å². The predicted octanol–water partition coefficient (Wildman–Crippen LogP) is -0.732.